The van der Waals surface area contributed by atoms with Crippen LogP contribution in [0, 0.1) is 11.3 Å². The molecule has 2 saturated carbocycles. The molecule has 5 nitrogen and oxygen atoms in total. The van der Waals surface area contributed by atoms with Gasteiger partial charge in [-0.05, 0) is 38.0 Å². The number of hydrogen-bond donors (Lipinski definition) is 1. The Morgan fingerprint density at radius 2 is 2.10 bits per heavy atom. The van der Waals surface area contributed by atoms with Gasteiger partial charge in [0.25, 0.3) is 0 Å². The van der Waals surface area contributed by atoms with Crippen molar-refractivity contribution in [3.05, 3.63) is 11.7 Å². The molecule has 3 rings (SSSR count). The summed E-state index contributed by atoms with van der Waals surface area (Å²) in [5.41, 5.74) is -0.689. The van der Waals surface area contributed by atoms with Crippen molar-refractivity contribution in [2.45, 2.75) is 70.6 Å². The van der Waals surface area contributed by atoms with Gasteiger partial charge in [0.15, 0.2) is 5.82 Å². The summed E-state index contributed by atoms with van der Waals surface area (Å²) in [5.74, 6) is 1.70. The second kappa shape index (κ2) is 5.78. The monoisotopic (exact) mass is 292 g/mol. The maximum atomic E-state index is 11.7. The van der Waals surface area contributed by atoms with E-state index in [9.17, 15) is 9.90 Å². The van der Waals surface area contributed by atoms with Crippen LogP contribution in [0.3, 0.4) is 0 Å². The summed E-state index contributed by atoms with van der Waals surface area (Å²) in [7, 11) is 0. The summed E-state index contributed by atoms with van der Waals surface area (Å²) < 4.78 is 5.37. The Hall–Kier alpha value is -1.39. The Labute approximate surface area is 125 Å². The summed E-state index contributed by atoms with van der Waals surface area (Å²) in [6, 6.07) is 0. The third kappa shape index (κ3) is 2.97. The molecular formula is C16H24N2O3. The maximum Gasteiger partial charge on any atom is 0.310 e. The molecule has 2 unspecified atom stereocenters. The number of carboxylic acid groups (broad SMARTS) is 1. The molecule has 0 saturated heterocycles. The zero-order valence-corrected chi connectivity index (χ0v) is 12.7. The van der Waals surface area contributed by atoms with Crippen LogP contribution < -0.4 is 0 Å². The average molecular weight is 292 g/mol. The van der Waals surface area contributed by atoms with Crippen molar-refractivity contribution in [2.75, 3.05) is 0 Å². The first-order chi connectivity index (χ1) is 10.1. The van der Waals surface area contributed by atoms with Gasteiger partial charge in [0, 0.05) is 12.3 Å². The summed E-state index contributed by atoms with van der Waals surface area (Å²) in [4.78, 5) is 16.2. The topological polar surface area (TPSA) is 76.2 Å². The molecule has 0 aliphatic heterocycles. The van der Waals surface area contributed by atoms with Crippen molar-refractivity contribution in [1.29, 1.82) is 0 Å². The number of aromatic nitrogens is 2. The normalized spacial score (nSPS) is 28.6. The van der Waals surface area contributed by atoms with Gasteiger partial charge in [0.2, 0.25) is 5.89 Å². The molecule has 2 aliphatic rings. The third-order valence-electron chi connectivity index (χ3n) is 5.30. The summed E-state index contributed by atoms with van der Waals surface area (Å²) in [5, 5.41) is 13.7. The van der Waals surface area contributed by atoms with E-state index >= 15 is 0 Å². The zero-order chi connectivity index (χ0) is 14.9. The van der Waals surface area contributed by atoms with Gasteiger partial charge in [0.05, 0.1) is 5.41 Å². The van der Waals surface area contributed by atoms with E-state index in [-0.39, 0.29) is 0 Å². The fourth-order valence-electron chi connectivity index (χ4n) is 3.93. The van der Waals surface area contributed by atoms with Crippen LogP contribution in [0.5, 0.6) is 0 Å². The molecular weight excluding hydrogens is 268 g/mol. The van der Waals surface area contributed by atoms with Crippen LogP contribution in [-0.2, 0) is 11.2 Å². The lowest BCUT2D eigenvalue weighted by molar-refractivity contribution is -0.151. The van der Waals surface area contributed by atoms with Gasteiger partial charge in [-0.1, -0.05) is 31.3 Å². The highest BCUT2D eigenvalue weighted by molar-refractivity contribution is 5.75. The molecule has 1 N–H and O–H groups in total. The van der Waals surface area contributed by atoms with Crippen LogP contribution in [0.4, 0.5) is 0 Å². The minimum absolute atomic E-state index is 0.387. The Bertz CT molecular complexity index is 505. The van der Waals surface area contributed by atoms with E-state index in [1.54, 1.807) is 0 Å². The largest absolute Gasteiger partial charge is 0.481 e. The first kappa shape index (κ1) is 14.5. The van der Waals surface area contributed by atoms with Gasteiger partial charge in [0.1, 0.15) is 0 Å². The minimum atomic E-state index is -0.712. The number of rotatable bonds is 4. The number of nitrogens with zero attached hydrogens (tertiary/aromatic N) is 2. The molecule has 0 bridgehead atoms. The van der Waals surface area contributed by atoms with E-state index in [0.29, 0.717) is 18.2 Å². The molecule has 5 heteroatoms. The standard InChI is InChI=1S/C16H24N2O3/c1-11-5-6-12(9-11)14-17-13(21-18-14)10-16(15(19)20)7-3-2-4-8-16/h11-12H,2-10H2,1H3,(H,19,20). The Balaban J connectivity index is 1.72. The number of hydrogen-bond acceptors (Lipinski definition) is 4. The molecule has 2 fully saturated rings. The van der Waals surface area contributed by atoms with E-state index in [1.807, 2.05) is 0 Å². The summed E-state index contributed by atoms with van der Waals surface area (Å²) in [6.07, 6.45) is 8.37. The van der Waals surface area contributed by atoms with Crippen molar-refractivity contribution in [3.63, 3.8) is 0 Å². The van der Waals surface area contributed by atoms with E-state index in [1.165, 1.54) is 6.42 Å². The van der Waals surface area contributed by atoms with Crippen LogP contribution in [0.1, 0.15) is 75.9 Å². The Morgan fingerprint density at radius 3 is 2.71 bits per heavy atom. The molecule has 0 radical (unpaired) electrons. The van der Waals surface area contributed by atoms with Gasteiger partial charge in [-0.15, -0.1) is 0 Å². The van der Waals surface area contributed by atoms with Crippen molar-refractivity contribution >= 4 is 5.97 Å². The molecule has 116 valence electrons. The van der Waals surface area contributed by atoms with Crippen LogP contribution in [0.15, 0.2) is 4.52 Å². The van der Waals surface area contributed by atoms with Gasteiger partial charge in [-0.2, -0.15) is 4.98 Å². The molecule has 1 aromatic heterocycles. The first-order valence-electron chi connectivity index (χ1n) is 8.15. The van der Waals surface area contributed by atoms with Crippen molar-refractivity contribution in [2.24, 2.45) is 11.3 Å². The fraction of sp³-hybridized carbons (Fsp3) is 0.812. The molecule has 2 aliphatic carbocycles. The summed E-state index contributed by atoms with van der Waals surface area (Å²) in [6.45, 7) is 2.25. The highest BCUT2D eigenvalue weighted by Crippen LogP contribution is 2.40. The Kier molecular flexibility index (Phi) is 4.00. The van der Waals surface area contributed by atoms with Gasteiger partial charge < -0.3 is 9.63 Å². The van der Waals surface area contributed by atoms with Gasteiger partial charge in [-0.25, -0.2) is 0 Å². The minimum Gasteiger partial charge on any atom is -0.481 e. The molecule has 0 aromatic carbocycles. The van der Waals surface area contributed by atoms with Crippen molar-refractivity contribution in [1.82, 2.24) is 10.1 Å². The van der Waals surface area contributed by atoms with E-state index in [2.05, 4.69) is 17.1 Å². The van der Waals surface area contributed by atoms with E-state index < -0.39 is 11.4 Å². The lowest BCUT2D eigenvalue weighted by Gasteiger charge is -2.31. The highest BCUT2D eigenvalue weighted by Gasteiger charge is 2.41. The summed E-state index contributed by atoms with van der Waals surface area (Å²) >= 11 is 0. The lowest BCUT2D eigenvalue weighted by atomic mass is 9.72. The highest BCUT2D eigenvalue weighted by atomic mass is 16.5. The number of carbonyl (C=O) groups is 1. The van der Waals surface area contributed by atoms with Crippen LogP contribution in [0.25, 0.3) is 0 Å². The average Bonchev–Trinajstić information content (AvgIpc) is 3.08. The molecule has 1 heterocycles. The molecule has 0 spiro atoms. The van der Waals surface area contributed by atoms with Gasteiger partial charge >= 0.3 is 5.97 Å². The van der Waals surface area contributed by atoms with Crippen molar-refractivity contribution in [3.8, 4) is 0 Å². The first-order valence-corrected chi connectivity index (χ1v) is 8.15. The molecule has 21 heavy (non-hydrogen) atoms. The van der Waals surface area contributed by atoms with E-state index in [4.69, 9.17) is 4.52 Å². The molecule has 1 aromatic rings. The van der Waals surface area contributed by atoms with Gasteiger partial charge in [-0.3, -0.25) is 4.79 Å². The fourth-order valence-corrected chi connectivity index (χ4v) is 3.93. The predicted molar refractivity (Wildman–Crippen MR) is 76.9 cm³/mol. The zero-order valence-electron chi connectivity index (χ0n) is 12.7. The van der Waals surface area contributed by atoms with Crippen LogP contribution >= 0.6 is 0 Å². The smallest absolute Gasteiger partial charge is 0.310 e. The van der Waals surface area contributed by atoms with Crippen LogP contribution in [-0.4, -0.2) is 21.2 Å². The van der Waals surface area contributed by atoms with Crippen LogP contribution in [0.2, 0.25) is 0 Å². The van der Waals surface area contributed by atoms with E-state index in [0.717, 1.165) is 56.7 Å². The predicted octanol–water partition coefficient (Wildman–Crippen LogP) is 3.55. The second-order valence-electron chi connectivity index (χ2n) is 6.98. The molecule has 2 atom stereocenters. The number of aliphatic carboxylic acids is 1. The number of carboxylic acids is 1. The maximum absolute atomic E-state index is 11.7. The lowest BCUT2D eigenvalue weighted by Crippen LogP contribution is -2.35. The Morgan fingerprint density at radius 1 is 1.33 bits per heavy atom. The SMILES string of the molecule is CC1CCC(c2noc(CC3(C(=O)O)CCCCC3)n2)C1. The second-order valence-corrected chi connectivity index (χ2v) is 6.98. The quantitative estimate of drug-likeness (QED) is 0.918. The van der Waals surface area contributed by atoms with Crippen molar-refractivity contribution < 1.29 is 14.4 Å². The molecule has 0 amide bonds. The third-order valence-corrected chi connectivity index (χ3v) is 5.30.